The van der Waals surface area contributed by atoms with Crippen LogP contribution in [-0.2, 0) is 4.84 Å². The summed E-state index contributed by atoms with van der Waals surface area (Å²) < 4.78 is 0. The number of aliphatic hydroxyl groups excluding tert-OH is 1. The van der Waals surface area contributed by atoms with Crippen molar-refractivity contribution < 1.29 is 9.94 Å². The van der Waals surface area contributed by atoms with Gasteiger partial charge in [-0.15, -0.1) is 0 Å². The van der Waals surface area contributed by atoms with Gasteiger partial charge in [-0.3, -0.25) is 0 Å². The summed E-state index contributed by atoms with van der Waals surface area (Å²) in [6, 6.07) is 0. The number of fused-ring (bicyclic) bond motifs is 5. The Labute approximate surface area is 164 Å². The molecule has 0 aromatic carbocycles. The van der Waals surface area contributed by atoms with Crippen molar-refractivity contribution in [3.63, 3.8) is 0 Å². The number of rotatable bonds is 4. The van der Waals surface area contributed by atoms with E-state index in [1.807, 2.05) is 0 Å². The quantitative estimate of drug-likeness (QED) is 0.311. The molecule has 0 aliphatic heterocycles. The van der Waals surface area contributed by atoms with E-state index in [2.05, 4.69) is 44.7 Å². The fourth-order valence-corrected chi connectivity index (χ4v) is 6.93. The first kappa shape index (κ1) is 19.0. The summed E-state index contributed by atoms with van der Waals surface area (Å²) in [5.74, 6) is 1.84. The van der Waals surface area contributed by atoms with Crippen LogP contribution in [0.1, 0.15) is 65.7 Å². The van der Waals surface area contributed by atoms with Gasteiger partial charge in [0.1, 0.15) is 6.61 Å². The van der Waals surface area contributed by atoms with Crippen molar-refractivity contribution in [2.45, 2.75) is 71.8 Å². The van der Waals surface area contributed by atoms with Crippen LogP contribution < -0.4 is 0 Å². The monoisotopic (exact) mass is 369 g/mol. The van der Waals surface area contributed by atoms with Crippen LogP contribution in [0, 0.1) is 28.6 Å². The highest BCUT2D eigenvalue weighted by Crippen LogP contribution is 2.65. The van der Waals surface area contributed by atoms with Gasteiger partial charge in [-0.25, -0.2) is 0 Å². The van der Waals surface area contributed by atoms with E-state index < -0.39 is 0 Å². The average Bonchev–Trinajstić information content (AvgIpc) is 3.00. The summed E-state index contributed by atoms with van der Waals surface area (Å²) in [6.07, 6.45) is 14.4. The van der Waals surface area contributed by atoms with Crippen molar-refractivity contribution in [1.82, 2.24) is 0 Å². The van der Waals surface area contributed by atoms with E-state index in [1.54, 1.807) is 11.6 Å². The smallest absolute Gasteiger partial charge is 0.135 e. The lowest BCUT2D eigenvalue weighted by atomic mass is 9.50. The molecule has 4 rings (SSSR count). The van der Waals surface area contributed by atoms with Gasteiger partial charge in [0.25, 0.3) is 0 Å². The summed E-state index contributed by atoms with van der Waals surface area (Å²) >= 11 is 0. The van der Waals surface area contributed by atoms with E-state index in [9.17, 15) is 5.11 Å². The van der Waals surface area contributed by atoms with Gasteiger partial charge in [0.15, 0.2) is 0 Å². The molecule has 6 atom stereocenters. The SMILES string of the molecule is C=CCON=C(C)[C@H]1CC[C@H]2C3=CC=C4C[C@@H](O)CC[C@]4(C)[C@H]3CC[C@]12C. The van der Waals surface area contributed by atoms with Crippen LogP contribution >= 0.6 is 0 Å². The molecule has 0 amide bonds. The molecule has 4 aliphatic rings. The maximum atomic E-state index is 10.1. The molecule has 27 heavy (non-hydrogen) atoms. The zero-order valence-corrected chi connectivity index (χ0v) is 17.2. The molecule has 3 nitrogen and oxygen atoms in total. The fraction of sp³-hybridized carbons (Fsp3) is 0.708. The molecule has 0 heterocycles. The van der Waals surface area contributed by atoms with Crippen LogP contribution in [0.15, 0.2) is 41.1 Å². The topological polar surface area (TPSA) is 41.8 Å². The highest BCUT2D eigenvalue weighted by Gasteiger charge is 2.56. The van der Waals surface area contributed by atoms with Crippen LogP contribution in [0.2, 0.25) is 0 Å². The predicted molar refractivity (Wildman–Crippen MR) is 110 cm³/mol. The summed E-state index contributed by atoms with van der Waals surface area (Å²) in [7, 11) is 0. The Morgan fingerprint density at radius 3 is 2.81 bits per heavy atom. The van der Waals surface area contributed by atoms with Crippen molar-refractivity contribution in [3.8, 4) is 0 Å². The molecule has 0 aromatic rings. The molecule has 3 heteroatoms. The molecule has 0 bridgehead atoms. The second-order valence-corrected chi connectivity index (χ2v) is 9.77. The van der Waals surface area contributed by atoms with Gasteiger partial charge in [-0.1, -0.05) is 55.0 Å². The number of hydrogen-bond donors (Lipinski definition) is 1. The summed E-state index contributed by atoms with van der Waals surface area (Å²) in [6.45, 7) is 11.3. The largest absolute Gasteiger partial charge is 0.393 e. The molecule has 0 radical (unpaired) electrons. The lowest BCUT2D eigenvalue weighted by Gasteiger charge is -2.54. The molecule has 0 unspecified atom stereocenters. The minimum Gasteiger partial charge on any atom is -0.393 e. The van der Waals surface area contributed by atoms with Crippen LogP contribution in [-0.4, -0.2) is 23.5 Å². The first-order chi connectivity index (χ1) is 12.9. The third-order valence-corrected chi connectivity index (χ3v) is 8.45. The molecule has 4 aliphatic carbocycles. The van der Waals surface area contributed by atoms with E-state index >= 15 is 0 Å². The molecule has 0 aromatic heterocycles. The average molecular weight is 370 g/mol. The Balaban J connectivity index is 1.61. The Bertz CT molecular complexity index is 705. The zero-order valence-electron chi connectivity index (χ0n) is 17.2. The number of nitrogens with zero attached hydrogens (tertiary/aromatic N) is 1. The number of aliphatic hydroxyl groups is 1. The van der Waals surface area contributed by atoms with E-state index in [0.29, 0.717) is 29.8 Å². The highest BCUT2D eigenvalue weighted by molar-refractivity contribution is 5.85. The van der Waals surface area contributed by atoms with Crippen molar-refractivity contribution in [3.05, 3.63) is 36.0 Å². The van der Waals surface area contributed by atoms with Gasteiger partial charge in [0.05, 0.1) is 11.8 Å². The third kappa shape index (κ3) is 2.93. The number of hydrogen-bond acceptors (Lipinski definition) is 3. The Morgan fingerprint density at radius 2 is 2.04 bits per heavy atom. The Morgan fingerprint density at radius 1 is 1.22 bits per heavy atom. The molecule has 148 valence electrons. The van der Waals surface area contributed by atoms with E-state index in [4.69, 9.17) is 4.84 Å². The lowest BCUT2D eigenvalue weighted by Crippen LogP contribution is -2.46. The molecule has 3 fully saturated rings. The lowest BCUT2D eigenvalue weighted by molar-refractivity contribution is 0.0524. The van der Waals surface area contributed by atoms with Crippen molar-refractivity contribution in [2.24, 2.45) is 33.7 Å². The molecule has 0 saturated heterocycles. The molecular weight excluding hydrogens is 334 g/mol. The van der Waals surface area contributed by atoms with Gasteiger partial charge < -0.3 is 9.94 Å². The van der Waals surface area contributed by atoms with Gasteiger partial charge in [-0.05, 0) is 74.5 Å². The second-order valence-electron chi connectivity index (χ2n) is 9.77. The maximum absolute atomic E-state index is 10.1. The minimum absolute atomic E-state index is 0.140. The Hall–Kier alpha value is -1.35. The number of allylic oxidation sites excluding steroid dienone is 3. The van der Waals surface area contributed by atoms with Crippen molar-refractivity contribution in [1.29, 1.82) is 0 Å². The van der Waals surface area contributed by atoms with Gasteiger partial charge in [0, 0.05) is 5.92 Å². The third-order valence-electron chi connectivity index (χ3n) is 8.45. The van der Waals surface area contributed by atoms with E-state index in [0.717, 1.165) is 25.0 Å². The fourth-order valence-electron chi connectivity index (χ4n) is 6.93. The maximum Gasteiger partial charge on any atom is 0.135 e. The van der Waals surface area contributed by atoms with E-state index in [1.165, 1.54) is 31.3 Å². The molecule has 3 saturated carbocycles. The summed E-state index contributed by atoms with van der Waals surface area (Å²) in [5, 5.41) is 14.6. The summed E-state index contributed by atoms with van der Waals surface area (Å²) in [5.41, 5.74) is 4.89. The Kier molecular flexibility index (Phi) is 4.86. The first-order valence-electron chi connectivity index (χ1n) is 10.8. The second kappa shape index (κ2) is 6.92. The van der Waals surface area contributed by atoms with Crippen molar-refractivity contribution in [2.75, 3.05) is 6.61 Å². The normalized spacial score (nSPS) is 43.8. The van der Waals surface area contributed by atoms with Crippen LogP contribution in [0.3, 0.4) is 0 Å². The van der Waals surface area contributed by atoms with Crippen LogP contribution in [0.5, 0.6) is 0 Å². The predicted octanol–water partition coefficient (Wildman–Crippen LogP) is 5.42. The van der Waals surface area contributed by atoms with Gasteiger partial charge >= 0.3 is 0 Å². The standard InChI is InChI=1S/C24H35NO2/c1-5-14-27-25-16(2)20-8-9-21-19-7-6-17-15-18(26)10-12-23(17,3)22(19)11-13-24(20,21)4/h5-7,18,20-22,26H,1,8-15H2,2-4H3/t18-,20+,21-,22-,23-,24+/m0/s1. The van der Waals surface area contributed by atoms with Gasteiger partial charge in [-0.2, -0.15) is 0 Å². The first-order valence-corrected chi connectivity index (χ1v) is 10.8. The molecule has 1 N–H and O–H groups in total. The molecule has 0 spiro atoms. The van der Waals surface area contributed by atoms with Crippen molar-refractivity contribution >= 4 is 5.71 Å². The van der Waals surface area contributed by atoms with E-state index in [-0.39, 0.29) is 11.5 Å². The van der Waals surface area contributed by atoms with Crippen LogP contribution in [0.25, 0.3) is 0 Å². The molecular formula is C24H35NO2. The number of oxime groups is 1. The minimum atomic E-state index is -0.140. The zero-order chi connectivity index (χ0) is 19.2. The van der Waals surface area contributed by atoms with Crippen LogP contribution in [0.4, 0.5) is 0 Å². The summed E-state index contributed by atoms with van der Waals surface area (Å²) in [4.78, 5) is 5.41. The highest BCUT2D eigenvalue weighted by atomic mass is 16.6. The van der Waals surface area contributed by atoms with Gasteiger partial charge in [0.2, 0.25) is 0 Å².